The molecule has 0 aliphatic carbocycles. The highest BCUT2D eigenvalue weighted by atomic mass is 32.2. The number of anilines is 1. The Balaban J connectivity index is 1.87. The Kier molecular flexibility index (Phi) is 8.13. The molecule has 0 bridgehead atoms. The second-order valence-electron chi connectivity index (χ2n) is 8.07. The number of hydrogen-bond donors (Lipinski definition) is 1. The van der Waals surface area contributed by atoms with Gasteiger partial charge in [-0.25, -0.2) is 4.79 Å². The van der Waals surface area contributed by atoms with E-state index in [2.05, 4.69) is 5.32 Å². The first-order valence-corrected chi connectivity index (χ1v) is 12.2. The summed E-state index contributed by atoms with van der Waals surface area (Å²) < 4.78 is 75.1. The van der Waals surface area contributed by atoms with Crippen LogP contribution in [-0.2, 0) is 22.8 Å². The fraction of sp³-hybridized carbons (Fsp3) is 0.240. The summed E-state index contributed by atoms with van der Waals surface area (Å²) in [5.41, 5.74) is 0.00549. The van der Waals surface area contributed by atoms with Crippen molar-refractivity contribution in [2.24, 2.45) is 0 Å². The summed E-state index contributed by atoms with van der Waals surface area (Å²) in [4.78, 5) is 13.7. The Morgan fingerprint density at radius 1 is 0.972 bits per heavy atom. The lowest BCUT2D eigenvalue weighted by atomic mass is 10.1. The molecule has 2 amide bonds. The summed E-state index contributed by atoms with van der Waals surface area (Å²) in [6.07, 6.45) is -4.72. The average Bonchev–Trinajstić information content (AvgIpc) is 2.82. The minimum atomic E-state index is -4.72. The van der Waals surface area contributed by atoms with Crippen molar-refractivity contribution in [1.29, 1.82) is 0 Å². The number of para-hydroxylation sites is 1. The van der Waals surface area contributed by atoms with Gasteiger partial charge < -0.3 is 19.1 Å². The SMILES string of the molecule is COc1ccc(CN(C(=O)Nc2ccccc2)C(C)C)cc1OS(=O)(=O)c1cccc(C(F)(F)F)c1. The first-order chi connectivity index (χ1) is 16.9. The van der Waals surface area contributed by atoms with Crippen LogP contribution in [0.1, 0.15) is 25.0 Å². The van der Waals surface area contributed by atoms with E-state index in [0.717, 1.165) is 18.2 Å². The van der Waals surface area contributed by atoms with Gasteiger partial charge in [0.1, 0.15) is 4.90 Å². The molecular weight excluding hydrogens is 497 g/mol. The zero-order valence-corrected chi connectivity index (χ0v) is 20.6. The minimum absolute atomic E-state index is 0.0548. The highest BCUT2D eigenvalue weighted by Gasteiger charge is 2.32. The molecule has 3 rings (SSSR count). The van der Waals surface area contributed by atoms with Crippen molar-refractivity contribution in [2.45, 2.75) is 37.5 Å². The number of carbonyl (C=O) groups is 1. The van der Waals surface area contributed by atoms with Gasteiger partial charge in [-0.2, -0.15) is 21.6 Å². The van der Waals surface area contributed by atoms with Gasteiger partial charge in [0.25, 0.3) is 0 Å². The summed E-state index contributed by atoms with van der Waals surface area (Å²) in [6.45, 7) is 3.74. The number of alkyl halides is 3. The minimum Gasteiger partial charge on any atom is -0.493 e. The van der Waals surface area contributed by atoms with Gasteiger partial charge >= 0.3 is 22.3 Å². The highest BCUT2D eigenvalue weighted by Crippen LogP contribution is 2.34. The van der Waals surface area contributed by atoms with E-state index < -0.39 is 26.8 Å². The van der Waals surface area contributed by atoms with Crippen LogP contribution >= 0.6 is 0 Å². The first kappa shape index (κ1) is 26.9. The highest BCUT2D eigenvalue weighted by molar-refractivity contribution is 7.87. The lowest BCUT2D eigenvalue weighted by Crippen LogP contribution is -2.39. The second kappa shape index (κ2) is 10.9. The maximum absolute atomic E-state index is 13.1. The van der Waals surface area contributed by atoms with Gasteiger partial charge in [-0.05, 0) is 61.9 Å². The van der Waals surface area contributed by atoms with E-state index >= 15 is 0 Å². The summed E-state index contributed by atoms with van der Waals surface area (Å²) in [5.74, 6) is -0.168. The molecule has 7 nitrogen and oxygen atoms in total. The molecule has 0 spiro atoms. The number of rotatable bonds is 8. The summed E-state index contributed by atoms with van der Waals surface area (Å²) in [6, 6.07) is 16.0. The van der Waals surface area contributed by atoms with Crippen LogP contribution in [-0.4, -0.2) is 32.5 Å². The van der Waals surface area contributed by atoms with E-state index in [4.69, 9.17) is 8.92 Å². The molecule has 0 fully saturated rings. The molecule has 0 heterocycles. The first-order valence-electron chi connectivity index (χ1n) is 10.8. The van der Waals surface area contributed by atoms with Gasteiger partial charge in [-0.3, -0.25) is 0 Å². The topological polar surface area (TPSA) is 84.9 Å². The van der Waals surface area contributed by atoms with Crippen LogP contribution in [0.4, 0.5) is 23.7 Å². The molecule has 0 aliphatic rings. The fourth-order valence-electron chi connectivity index (χ4n) is 3.28. The van der Waals surface area contributed by atoms with Gasteiger partial charge in [-0.1, -0.05) is 30.3 Å². The van der Waals surface area contributed by atoms with E-state index in [0.29, 0.717) is 17.3 Å². The number of methoxy groups -OCH3 is 1. The standard InChI is InChI=1S/C25H25F3N2O5S/c1-17(2)30(24(31)29-20-9-5-4-6-10-20)16-18-12-13-22(34-3)23(14-18)35-36(32,33)21-11-7-8-19(15-21)25(26,27)28/h4-15,17H,16H2,1-3H3,(H,29,31). The predicted octanol–water partition coefficient (Wildman–Crippen LogP) is 5.92. The molecule has 0 unspecified atom stereocenters. The number of ether oxygens (including phenoxy) is 1. The van der Waals surface area contributed by atoms with Crippen molar-refractivity contribution >= 4 is 21.8 Å². The summed E-state index contributed by atoms with van der Waals surface area (Å²) in [7, 11) is -3.32. The molecule has 36 heavy (non-hydrogen) atoms. The maximum atomic E-state index is 13.1. The Hall–Kier alpha value is -3.73. The van der Waals surface area contributed by atoms with Gasteiger partial charge in [0.15, 0.2) is 11.5 Å². The quantitative estimate of drug-likeness (QED) is 0.371. The van der Waals surface area contributed by atoms with E-state index in [9.17, 15) is 26.4 Å². The molecule has 192 valence electrons. The van der Waals surface area contributed by atoms with E-state index in [-0.39, 0.29) is 30.1 Å². The zero-order chi connectivity index (χ0) is 26.5. The van der Waals surface area contributed by atoms with Crippen LogP contribution in [0.15, 0.2) is 77.7 Å². The largest absolute Gasteiger partial charge is 0.493 e. The lowest BCUT2D eigenvalue weighted by Gasteiger charge is -2.27. The van der Waals surface area contributed by atoms with Crippen molar-refractivity contribution in [3.8, 4) is 11.5 Å². The van der Waals surface area contributed by atoms with Gasteiger partial charge in [0.2, 0.25) is 0 Å². The third-order valence-corrected chi connectivity index (χ3v) is 6.37. The van der Waals surface area contributed by atoms with Crippen LogP contribution in [0.25, 0.3) is 0 Å². The number of halogens is 3. The Bertz CT molecular complexity index is 1310. The normalized spacial score (nSPS) is 11.8. The summed E-state index contributed by atoms with van der Waals surface area (Å²) >= 11 is 0. The molecule has 3 aromatic rings. The molecular formula is C25H25F3N2O5S. The van der Waals surface area contributed by atoms with Crippen molar-refractivity contribution in [2.75, 3.05) is 12.4 Å². The van der Waals surface area contributed by atoms with Gasteiger partial charge in [0.05, 0.1) is 12.7 Å². The van der Waals surface area contributed by atoms with Crippen molar-refractivity contribution < 1.29 is 35.3 Å². The molecule has 0 radical (unpaired) electrons. The molecule has 0 aromatic heterocycles. The number of urea groups is 1. The molecule has 0 saturated carbocycles. The third kappa shape index (κ3) is 6.69. The van der Waals surface area contributed by atoms with E-state index in [1.807, 2.05) is 19.9 Å². The van der Waals surface area contributed by atoms with Crippen molar-refractivity contribution in [1.82, 2.24) is 4.90 Å². The zero-order valence-electron chi connectivity index (χ0n) is 19.7. The molecule has 1 N–H and O–H groups in total. The molecule has 0 atom stereocenters. The van der Waals surface area contributed by atoms with Crippen LogP contribution in [0, 0.1) is 0 Å². The number of amides is 2. The smallest absolute Gasteiger partial charge is 0.416 e. The molecule has 3 aromatic carbocycles. The van der Waals surface area contributed by atoms with E-state index in [1.54, 1.807) is 30.3 Å². The fourth-order valence-corrected chi connectivity index (χ4v) is 4.26. The molecule has 11 heteroatoms. The second-order valence-corrected chi connectivity index (χ2v) is 9.61. The number of nitrogens with one attached hydrogen (secondary N) is 1. The number of carbonyl (C=O) groups excluding carboxylic acids is 1. The van der Waals surface area contributed by atoms with Crippen LogP contribution < -0.4 is 14.2 Å². The maximum Gasteiger partial charge on any atom is 0.416 e. The van der Waals surface area contributed by atoms with Crippen molar-refractivity contribution in [3.63, 3.8) is 0 Å². The number of hydrogen-bond acceptors (Lipinski definition) is 5. The number of benzene rings is 3. The number of nitrogens with zero attached hydrogens (tertiary/aromatic N) is 1. The monoisotopic (exact) mass is 522 g/mol. The van der Waals surface area contributed by atoms with E-state index in [1.165, 1.54) is 24.1 Å². The molecule has 0 saturated heterocycles. The average molecular weight is 523 g/mol. The Labute approximate surface area is 207 Å². The predicted molar refractivity (Wildman–Crippen MR) is 128 cm³/mol. The Morgan fingerprint density at radius 2 is 1.67 bits per heavy atom. The van der Waals surface area contributed by atoms with Gasteiger partial charge in [0, 0.05) is 18.3 Å². The van der Waals surface area contributed by atoms with Crippen LogP contribution in [0.3, 0.4) is 0 Å². The van der Waals surface area contributed by atoms with Crippen molar-refractivity contribution in [3.05, 3.63) is 83.9 Å². The summed E-state index contributed by atoms with van der Waals surface area (Å²) in [5, 5.41) is 2.80. The Morgan fingerprint density at radius 3 is 2.28 bits per heavy atom. The van der Waals surface area contributed by atoms with Gasteiger partial charge in [-0.15, -0.1) is 0 Å². The van der Waals surface area contributed by atoms with Crippen LogP contribution in [0.5, 0.6) is 11.5 Å². The van der Waals surface area contributed by atoms with Crippen LogP contribution in [0.2, 0.25) is 0 Å². The lowest BCUT2D eigenvalue weighted by molar-refractivity contribution is -0.137. The molecule has 0 aliphatic heterocycles. The third-order valence-electron chi connectivity index (χ3n) is 5.14.